The molecule has 0 unspecified atom stereocenters. The molecular weight excluding hydrogens is 382 g/mol. The lowest BCUT2D eigenvalue weighted by Crippen LogP contribution is -2.35. The van der Waals surface area contributed by atoms with Crippen LogP contribution in [0.15, 0.2) is 18.2 Å². The summed E-state index contributed by atoms with van der Waals surface area (Å²) in [6, 6.07) is 5.23. The summed E-state index contributed by atoms with van der Waals surface area (Å²) in [5.74, 6) is 6.89. The van der Waals surface area contributed by atoms with Crippen molar-refractivity contribution in [3.05, 3.63) is 23.8 Å². The first-order valence-electron chi connectivity index (χ1n) is 10.7. The summed E-state index contributed by atoms with van der Waals surface area (Å²) in [6.45, 7) is 4.30. The normalized spacial score (nSPS) is 26.9. The number of aliphatic hydroxyl groups excluding tert-OH is 1. The Kier molecular flexibility index (Phi) is 9.01. The van der Waals surface area contributed by atoms with Crippen molar-refractivity contribution in [2.75, 3.05) is 20.7 Å². The quantitative estimate of drug-likeness (QED) is 0.467. The molecule has 3 N–H and O–H groups in total. The molecule has 30 heavy (non-hydrogen) atoms. The van der Waals surface area contributed by atoms with Gasteiger partial charge >= 0.3 is 5.97 Å². The van der Waals surface area contributed by atoms with E-state index in [0.29, 0.717) is 31.4 Å². The predicted octanol–water partition coefficient (Wildman–Crippen LogP) is 3.05. The van der Waals surface area contributed by atoms with Crippen LogP contribution in [0.2, 0.25) is 0 Å². The van der Waals surface area contributed by atoms with Gasteiger partial charge in [-0.1, -0.05) is 18.9 Å². The molecule has 0 amide bonds. The maximum Gasteiger partial charge on any atom is 0.302 e. The van der Waals surface area contributed by atoms with Crippen LogP contribution >= 0.6 is 0 Å². The minimum absolute atomic E-state index is 0.0764. The van der Waals surface area contributed by atoms with Crippen LogP contribution in [0.5, 0.6) is 11.5 Å². The molecule has 0 fully saturated rings. The number of hydrogen-bond acceptors (Lipinski definition) is 6. The fourth-order valence-corrected chi connectivity index (χ4v) is 4.16. The van der Waals surface area contributed by atoms with Crippen molar-refractivity contribution in [3.8, 4) is 23.3 Å². The Morgan fingerprint density at radius 3 is 2.80 bits per heavy atom. The van der Waals surface area contributed by atoms with Crippen LogP contribution in [0, 0.1) is 23.2 Å². The maximum atomic E-state index is 11.7. The molecule has 4 atom stereocenters. The number of phenolic OH excluding ortho intramolecular Hbond substituents is 1. The topological polar surface area (TPSA) is 88.0 Å². The Bertz CT molecular complexity index is 769. The van der Waals surface area contributed by atoms with Gasteiger partial charge in [0.1, 0.15) is 6.10 Å². The molecule has 1 aromatic carbocycles. The Morgan fingerprint density at radius 2 is 2.17 bits per heavy atom. The van der Waals surface area contributed by atoms with Crippen LogP contribution in [0.1, 0.15) is 51.5 Å². The van der Waals surface area contributed by atoms with Gasteiger partial charge in [0.05, 0.1) is 13.2 Å². The number of ether oxygens (including phenoxy) is 2. The number of nitrogens with one attached hydrogen (secondary N) is 1. The number of aliphatic hydroxyl groups is 1. The van der Waals surface area contributed by atoms with Gasteiger partial charge in [0.25, 0.3) is 0 Å². The second-order valence-corrected chi connectivity index (χ2v) is 8.22. The van der Waals surface area contributed by atoms with Crippen molar-refractivity contribution in [2.24, 2.45) is 11.3 Å². The average Bonchev–Trinajstić information content (AvgIpc) is 2.71. The summed E-state index contributed by atoms with van der Waals surface area (Å²) < 4.78 is 10.8. The Labute approximate surface area is 180 Å². The molecule has 0 spiro atoms. The standard InChI is InChI=1S/C24H35NO5/c1-5-24(16-25-3)11-6-7-19(13-18-8-9-21(28)23(14-18)29-4)22(30-17(2)26)15-20(27)10-12-24/h8-9,14,19-20,22,25,27-28H,5,7,10,12-13,15-16H2,1-4H3/t19-,20-,22-,24+/m0/s1. The lowest BCUT2D eigenvalue weighted by Gasteiger charge is -2.32. The SMILES string of the molecule is CC[C@@]1(CNC)C#CC[C@@H](Cc2ccc(O)c(OC)c2)[C@@H](OC(C)=O)C[C@@H](O)CC1. The summed E-state index contributed by atoms with van der Waals surface area (Å²) in [5, 5.41) is 23.8. The van der Waals surface area contributed by atoms with Gasteiger partial charge in [-0.25, -0.2) is 0 Å². The number of carbonyl (C=O) groups is 1. The molecule has 1 aliphatic carbocycles. The Balaban J connectivity index is 2.36. The highest BCUT2D eigenvalue weighted by Crippen LogP contribution is 2.33. The molecule has 0 heterocycles. The number of methoxy groups -OCH3 is 1. The van der Waals surface area contributed by atoms with Crippen molar-refractivity contribution in [1.29, 1.82) is 0 Å². The van der Waals surface area contributed by atoms with E-state index in [2.05, 4.69) is 24.1 Å². The van der Waals surface area contributed by atoms with Gasteiger partial charge in [0.2, 0.25) is 0 Å². The van der Waals surface area contributed by atoms with Crippen LogP contribution in [0.25, 0.3) is 0 Å². The number of phenols is 1. The lowest BCUT2D eigenvalue weighted by molar-refractivity contribution is -0.151. The molecule has 0 aliphatic heterocycles. The summed E-state index contributed by atoms with van der Waals surface area (Å²) in [7, 11) is 3.43. The molecule has 2 rings (SSSR count). The Hall–Kier alpha value is -2.23. The fourth-order valence-electron chi connectivity index (χ4n) is 4.16. The van der Waals surface area contributed by atoms with Crippen LogP contribution in [-0.4, -0.2) is 49.1 Å². The van der Waals surface area contributed by atoms with Gasteiger partial charge in [-0.15, -0.1) is 5.92 Å². The van der Waals surface area contributed by atoms with Gasteiger partial charge in [-0.05, 0) is 50.4 Å². The molecule has 0 saturated carbocycles. The minimum Gasteiger partial charge on any atom is -0.504 e. The zero-order valence-corrected chi connectivity index (χ0v) is 18.5. The van der Waals surface area contributed by atoms with E-state index in [9.17, 15) is 15.0 Å². The number of aromatic hydroxyl groups is 1. The number of carbonyl (C=O) groups excluding carboxylic acids is 1. The fraction of sp³-hybridized carbons (Fsp3) is 0.625. The molecule has 6 heteroatoms. The third-order valence-electron chi connectivity index (χ3n) is 5.96. The number of esters is 1. The van der Waals surface area contributed by atoms with E-state index in [0.717, 1.165) is 24.9 Å². The van der Waals surface area contributed by atoms with E-state index in [1.165, 1.54) is 14.0 Å². The highest BCUT2D eigenvalue weighted by atomic mass is 16.5. The molecule has 0 radical (unpaired) electrons. The second-order valence-electron chi connectivity index (χ2n) is 8.22. The zero-order chi connectivity index (χ0) is 22.1. The third kappa shape index (κ3) is 6.65. The molecular formula is C24H35NO5. The van der Waals surface area contributed by atoms with E-state index in [1.54, 1.807) is 12.1 Å². The van der Waals surface area contributed by atoms with Gasteiger partial charge < -0.3 is 25.0 Å². The largest absolute Gasteiger partial charge is 0.504 e. The van der Waals surface area contributed by atoms with Crippen LogP contribution in [0.4, 0.5) is 0 Å². The molecule has 0 saturated heterocycles. The molecule has 1 aromatic rings. The van der Waals surface area contributed by atoms with E-state index < -0.39 is 12.2 Å². The van der Waals surface area contributed by atoms with Crippen LogP contribution < -0.4 is 10.1 Å². The van der Waals surface area contributed by atoms with Crippen LogP contribution in [-0.2, 0) is 16.0 Å². The first kappa shape index (κ1) is 24.0. The number of hydrogen-bond donors (Lipinski definition) is 3. The van der Waals surface area contributed by atoms with Crippen LogP contribution in [0.3, 0.4) is 0 Å². The van der Waals surface area contributed by atoms with Crippen molar-refractivity contribution in [2.45, 2.75) is 64.6 Å². The van der Waals surface area contributed by atoms with E-state index in [-0.39, 0.29) is 23.1 Å². The third-order valence-corrected chi connectivity index (χ3v) is 5.96. The lowest BCUT2D eigenvalue weighted by atomic mass is 9.77. The van der Waals surface area contributed by atoms with E-state index in [4.69, 9.17) is 9.47 Å². The van der Waals surface area contributed by atoms with E-state index >= 15 is 0 Å². The maximum absolute atomic E-state index is 11.7. The molecule has 0 bridgehead atoms. The van der Waals surface area contributed by atoms with Crippen molar-refractivity contribution in [3.63, 3.8) is 0 Å². The smallest absolute Gasteiger partial charge is 0.302 e. The molecule has 6 nitrogen and oxygen atoms in total. The molecule has 166 valence electrons. The van der Waals surface area contributed by atoms with Gasteiger partial charge in [-0.3, -0.25) is 4.79 Å². The number of rotatable bonds is 7. The summed E-state index contributed by atoms with van der Waals surface area (Å²) in [5.41, 5.74) is 0.785. The summed E-state index contributed by atoms with van der Waals surface area (Å²) in [4.78, 5) is 11.7. The zero-order valence-electron chi connectivity index (χ0n) is 18.5. The molecule has 1 aliphatic rings. The summed E-state index contributed by atoms with van der Waals surface area (Å²) >= 11 is 0. The highest BCUT2D eigenvalue weighted by molar-refractivity contribution is 5.66. The monoisotopic (exact) mass is 417 g/mol. The van der Waals surface area contributed by atoms with Gasteiger partial charge in [0.15, 0.2) is 11.5 Å². The predicted molar refractivity (Wildman–Crippen MR) is 116 cm³/mol. The van der Waals surface area contributed by atoms with Crippen molar-refractivity contribution >= 4 is 5.97 Å². The van der Waals surface area contributed by atoms with Gasteiger partial charge in [0, 0.05) is 37.6 Å². The average molecular weight is 418 g/mol. The number of benzene rings is 1. The second kappa shape index (κ2) is 11.2. The van der Waals surface area contributed by atoms with Crippen molar-refractivity contribution in [1.82, 2.24) is 5.32 Å². The molecule has 0 aromatic heterocycles. The minimum atomic E-state index is -0.561. The first-order chi connectivity index (χ1) is 14.3. The summed E-state index contributed by atoms with van der Waals surface area (Å²) in [6.07, 6.45) is 2.87. The first-order valence-corrected chi connectivity index (χ1v) is 10.7. The Morgan fingerprint density at radius 1 is 1.40 bits per heavy atom. The van der Waals surface area contributed by atoms with Gasteiger partial charge in [-0.2, -0.15) is 0 Å². The highest BCUT2D eigenvalue weighted by Gasteiger charge is 2.31. The van der Waals surface area contributed by atoms with Crippen molar-refractivity contribution < 1.29 is 24.5 Å². The van der Waals surface area contributed by atoms with E-state index in [1.807, 2.05) is 13.1 Å².